The van der Waals surface area contributed by atoms with E-state index in [-0.39, 0.29) is 11.8 Å². The highest BCUT2D eigenvalue weighted by atomic mass is 16.5. The highest BCUT2D eigenvalue weighted by Gasteiger charge is 2.18. The fourth-order valence-corrected chi connectivity index (χ4v) is 1.00. The Morgan fingerprint density at radius 3 is 2.69 bits per heavy atom. The highest BCUT2D eigenvalue weighted by Crippen LogP contribution is 2.15. The first-order valence-electron chi connectivity index (χ1n) is 3.89. The van der Waals surface area contributed by atoms with E-state index in [1.165, 1.54) is 0 Å². The van der Waals surface area contributed by atoms with Crippen LogP contribution in [0.4, 0.5) is 0 Å². The number of hydrogen-bond acceptors (Lipinski definition) is 3. The second-order valence-electron chi connectivity index (χ2n) is 2.43. The molecule has 0 atom stereocenters. The lowest BCUT2D eigenvalue weighted by Gasteiger charge is -2.04. The lowest BCUT2D eigenvalue weighted by atomic mass is 10.2. The molecule has 1 aliphatic rings. The van der Waals surface area contributed by atoms with Crippen molar-refractivity contribution in [2.45, 2.75) is 13.8 Å². The molecule has 0 bridgehead atoms. The van der Waals surface area contributed by atoms with Crippen LogP contribution in [0, 0.1) is 0 Å². The van der Waals surface area contributed by atoms with E-state index in [4.69, 9.17) is 9.84 Å². The first-order chi connectivity index (χ1) is 6.19. The molecule has 0 aromatic rings. The Hall–Kier alpha value is -1.71. The van der Waals surface area contributed by atoms with Crippen LogP contribution in [0.25, 0.3) is 0 Å². The summed E-state index contributed by atoms with van der Waals surface area (Å²) in [6.45, 7) is 3.48. The molecular formula is C9H11NO3. The molecule has 0 spiro atoms. The molecule has 0 aliphatic carbocycles. The fourth-order valence-electron chi connectivity index (χ4n) is 1.00. The molecule has 0 aromatic heterocycles. The number of amides is 1. The second-order valence-corrected chi connectivity index (χ2v) is 2.43. The topological polar surface area (TPSA) is 58.6 Å². The minimum absolute atomic E-state index is 0.291. The van der Waals surface area contributed by atoms with Crippen LogP contribution in [0.15, 0.2) is 35.6 Å². The van der Waals surface area contributed by atoms with Gasteiger partial charge in [-0.1, -0.05) is 6.08 Å². The van der Waals surface area contributed by atoms with E-state index in [0.29, 0.717) is 11.3 Å². The van der Waals surface area contributed by atoms with Crippen molar-refractivity contribution in [2.24, 2.45) is 0 Å². The van der Waals surface area contributed by atoms with E-state index >= 15 is 0 Å². The quantitative estimate of drug-likeness (QED) is 0.554. The predicted molar refractivity (Wildman–Crippen MR) is 47.5 cm³/mol. The van der Waals surface area contributed by atoms with Gasteiger partial charge < -0.3 is 9.84 Å². The van der Waals surface area contributed by atoms with Crippen LogP contribution in [-0.2, 0) is 9.53 Å². The van der Waals surface area contributed by atoms with Crippen molar-refractivity contribution >= 4 is 5.91 Å². The maximum absolute atomic E-state index is 11.3. The van der Waals surface area contributed by atoms with Crippen molar-refractivity contribution in [3.05, 3.63) is 35.6 Å². The van der Waals surface area contributed by atoms with Gasteiger partial charge >= 0.3 is 0 Å². The third-order valence-corrected chi connectivity index (χ3v) is 1.60. The molecule has 1 heterocycles. The molecule has 0 radical (unpaired) electrons. The third-order valence-electron chi connectivity index (χ3n) is 1.60. The van der Waals surface area contributed by atoms with Gasteiger partial charge in [-0.2, -0.15) is 0 Å². The lowest BCUT2D eigenvalue weighted by molar-refractivity contribution is -0.117. The monoisotopic (exact) mass is 181 g/mol. The summed E-state index contributed by atoms with van der Waals surface area (Å²) < 4.78 is 5.04. The largest absolute Gasteiger partial charge is 0.492 e. The van der Waals surface area contributed by atoms with E-state index in [1.54, 1.807) is 26.0 Å². The Balaban J connectivity index is 3.06. The minimum atomic E-state index is -0.373. The molecule has 70 valence electrons. The molecule has 0 saturated carbocycles. The van der Waals surface area contributed by atoms with Crippen LogP contribution >= 0.6 is 0 Å². The van der Waals surface area contributed by atoms with Gasteiger partial charge in [-0.3, -0.25) is 10.1 Å². The zero-order valence-corrected chi connectivity index (χ0v) is 7.50. The average Bonchev–Trinajstić information content (AvgIpc) is 2.23. The number of rotatable bonds is 0. The fraction of sp³-hybridized carbons (Fsp3) is 0.222. The van der Waals surface area contributed by atoms with Crippen molar-refractivity contribution < 1.29 is 14.6 Å². The van der Waals surface area contributed by atoms with E-state index < -0.39 is 0 Å². The van der Waals surface area contributed by atoms with Gasteiger partial charge in [-0.15, -0.1) is 0 Å². The predicted octanol–water partition coefficient (Wildman–Crippen LogP) is 1.34. The maximum atomic E-state index is 11.3. The van der Waals surface area contributed by atoms with E-state index in [0.717, 1.165) is 6.26 Å². The average molecular weight is 181 g/mol. The van der Waals surface area contributed by atoms with Gasteiger partial charge in [-0.25, -0.2) is 0 Å². The molecule has 1 amide bonds. The molecule has 0 fully saturated rings. The van der Waals surface area contributed by atoms with Gasteiger partial charge in [0.25, 0.3) is 5.91 Å². The zero-order chi connectivity index (χ0) is 9.84. The summed E-state index contributed by atoms with van der Waals surface area (Å²) in [5.74, 6) is -0.230. The Morgan fingerprint density at radius 1 is 1.46 bits per heavy atom. The van der Waals surface area contributed by atoms with Gasteiger partial charge in [0.1, 0.15) is 5.76 Å². The number of aliphatic hydroxyl groups is 1. The molecular weight excluding hydrogens is 170 g/mol. The number of hydrogen-bond donors (Lipinski definition) is 2. The van der Waals surface area contributed by atoms with E-state index in [1.807, 2.05) is 0 Å². The summed E-state index contributed by atoms with van der Waals surface area (Å²) in [5, 5.41) is 11.3. The van der Waals surface area contributed by atoms with Crippen LogP contribution < -0.4 is 5.32 Å². The van der Waals surface area contributed by atoms with Gasteiger partial charge in [-0.05, 0) is 19.9 Å². The number of ether oxygens (including phenoxy) is 1. The van der Waals surface area contributed by atoms with Gasteiger partial charge in [0, 0.05) is 0 Å². The summed E-state index contributed by atoms with van der Waals surface area (Å²) in [4.78, 5) is 11.3. The number of carbonyl (C=O) groups is 1. The first kappa shape index (κ1) is 9.38. The SMILES string of the molecule is C/C=C1/OC=C(O)NC(=O)/C1=C/C. The standard InChI is InChI=1S/C9H11NO3/c1-3-6-7(4-2)13-5-8(11)10-9(6)12/h3-5,11H,1-2H3,(H,10,12)/b6-3+,7-4+. The first-order valence-corrected chi connectivity index (χ1v) is 3.89. The molecule has 0 unspecified atom stereocenters. The number of carbonyl (C=O) groups excluding carboxylic acids is 1. The second kappa shape index (κ2) is 3.80. The highest BCUT2D eigenvalue weighted by molar-refractivity contribution is 5.98. The van der Waals surface area contributed by atoms with Crippen LogP contribution in [-0.4, -0.2) is 11.0 Å². The molecule has 2 N–H and O–H groups in total. The smallest absolute Gasteiger partial charge is 0.261 e. The van der Waals surface area contributed by atoms with Crippen molar-refractivity contribution in [1.29, 1.82) is 0 Å². The summed E-state index contributed by atoms with van der Waals surface area (Å²) in [5.41, 5.74) is 0.405. The van der Waals surface area contributed by atoms with Gasteiger partial charge in [0.15, 0.2) is 6.26 Å². The Kier molecular flexibility index (Phi) is 2.74. The zero-order valence-electron chi connectivity index (χ0n) is 7.50. The molecule has 4 nitrogen and oxygen atoms in total. The number of allylic oxidation sites excluding steroid dienone is 2. The summed E-state index contributed by atoms with van der Waals surface area (Å²) in [6.07, 6.45) is 4.37. The van der Waals surface area contributed by atoms with Crippen LogP contribution in [0.3, 0.4) is 0 Å². The molecule has 1 rings (SSSR count). The lowest BCUT2D eigenvalue weighted by Crippen LogP contribution is -2.23. The molecule has 0 saturated heterocycles. The Morgan fingerprint density at radius 2 is 2.15 bits per heavy atom. The third kappa shape index (κ3) is 1.90. The van der Waals surface area contributed by atoms with Crippen molar-refractivity contribution in [3.63, 3.8) is 0 Å². The summed E-state index contributed by atoms with van der Waals surface area (Å²) in [6, 6.07) is 0. The van der Waals surface area contributed by atoms with E-state index in [9.17, 15) is 4.79 Å². The van der Waals surface area contributed by atoms with Crippen molar-refractivity contribution in [3.8, 4) is 0 Å². The van der Waals surface area contributed by atoms with Crippen LogP contribution in [0.2, 0.25) is 0 Å². The van der Waals surface area contributed by atoms with Crippen LogP contribution in [0.1, 0.15) is 13.8 Å². The molecule has 0 aromatic carbocycles. The maximum Gasteiger partial charge on any atom is 0.261 e. The number of aliphatic hydroxyl groups excluding tert-OH is 1. The Bertz CT molecular complexity index is 313. The molecule has 13 heavy (non-hydrogen) atoms. The molecule has 1 aliphatic heterocycles. The molecule has 4 heteroatoms. The number of nitrogens with one attached hydrogen (secondary N) is 1. The van der Waals surface area contributed by atoms with E-state index in [2.05, 4.69) is 5.32 Å². The normalized spacial score (nSPS) is 23.5. The van der Waals surface area contributed by atoms with Crippen molar-refractivity contribution in [2.75, 3.05) is 0 Å². The van der Waals surface area contributed by atoms with Crippen LogP contribution in [0.5, 0.6) is 0 Å². The van der Waals surface area contributed by atoms with Crippen molar-refractivity contribution in [1.82, 2.24) is 5.32 Å². The minimum Gasteiger partial charge on any atom is -0.492 e. The summed E-state index contributed by atoms with van der Waals surface area (Å²) in [7, 11) is 0. The van der Waals surface area contributed by atoms with Gasteiger partial charge in [0.05, 0.1) is 5.57 Å². The summed E-state index contributed by atoms with van der Waals surface area (Å²) >= 11 is 0. The van der Waals surface area contributed by atoms with Gasteiger partial charge in [0.2, 0.25) is 5.88 Å². The Labute approximate surface area is 76.2 Å².